The van der Waals surface area contributed by atoms with Gasteiger partial charge in [-0.25, -0.2) is 4.99 Å². The summed E-state index contributed by atoms with van der Waals surface area (Å²) in [6.45, 7) is 3.77. The summed E-state index contributed by atoms with van der Waals surface area (Å²) < 4.78 is 0. The molecule has 0 aliphatic carbocycles. The third kappa shape index (κ3) is 1.82. The van der Waals surface area contributed by atoms with Crippen molar-refractivity contribution in [3.05, 3.63) is 28.0 Å². The summed E-state index contributed by atoms with van der Waals surface area (Å²) in [6, 6.07) is 5.95. The number of thiophene rings is 1. The van der Waals surface area contributed by atoms with Gasteiger partial charge in [0.15, 0.2) is 5.92 Å². The maximum Gasteiger partial charge on any atom is 0.267 e. The molecule has 1 unspecified atom stereocenters. The lowest BCUT2D eigenvalue weighted by Gasteiger charge is -2.13. The lowest BCUT2D eigenvalue weighted by atomic mass is 9.94. The molecule has 1 amide bonds. The van der Waals surface area contributed by atoms with E-state index < -0.39 is 5.92 Å². The van der Waals surface area contributed by atoms with Crippen molar-refractivity contribution >= 4 is 28.5 Å². The van der Waals surface area contributed by atoms with Crippen LogP contribution in [0.2, 0.25) is 0 Å². The molecule has 0 fully saturated rings. The topological polar surface area (TPSA) is 53.2 Å². The van der Waals surface area contributed by atoms with Crippen LogP contribution < -0.4 is 0 Å². The molecule has 0 aromatic carbocycles. The first kappa shape index (κ1) is 10.8. The molecule has 1 aliphatic heterocycles. The quantitative estimate of drug-likeness (QED) is 0.744. The minimum absolute atomic E-state index is 0.358. The van der Waals surface area contributed by atoms with Crippen molar-refractivity contribution < 1.29 is 4.79 Å². The van der Waals surface area contributed by atoms with Gasteiger partial charge < -0.3 is 0 Å². The summed E-state index contributed by atoms with van der Waals surface area (Å²) in [6.07, 6.45) is 1.82. The Hall–Kier alpha value is -1.73. The van der Waals surface area contributed by atoms with Crippen LogP contribution in [0, 0.1) is 24.2 Å². The molecule has 2 rings (SSSR count). The monoisotopic (exact) mass is 230 g/mol. The summed E-state index contributed by atoms with van der Waals surface area (Å²) in [4.78, 5) is 17.5. The van der Waals surface area contributed by atoms with Crippen molar-refractivity contribution in [2.45, 2.75) is 13.8 Å². The Kier molecular flexibility index (Phi) is 2.71. The number of aryl methyl sites for hydroxylation is 1. The third-order valence-electron chi connectivity index (χ3n) is 2.36. The maximum absolute atomic E-state index is 11.6. The van der Waals surface area contributed by atoms with E-state index in [9.17, 15) is 4.79 Å². The van der Waals surface area contributed by atoms with E-state index >= 15 is 0 Å². The SMILES string of the molecule is CC1=NC(=O)C(C#N)C(c2ccc(C)s2)=C1. The number of nitrogens with zero attached hydrogens (tertiary/aromatic N) is 2. The van der Waals surface area contributed by atoms with Crippen LogP contribution in [0.15, 0.2) is 23.2 Å². The predicted octanol–water partition coefficient (Wildman–Crippen LogP) is 2.58. The van der Waals surface area contributed by atoms with E-state index in [0.29, 0.717) is 5.71 Å². The number of carbonyl (C=O) groups excluding carboxylic acids is 1. The summed E-state index contributed by atoms with van der Waals surface area (Å²) >= 11 is 1.59. The van der Waals surface area contributed by atoms with Gasteiger partial charge in [0.2, 0.25) is 0 Å². The largest absolute Gasteiger partial charge is 0.271 e. The average molecular weight is 230 g/mol. The Morgan fingerprint density at radius 2 is 2.19 bits per heavy atom. The minimum atomic E-state index is -0.748. The fourth-order valence-corrected chi connectivity index (χ4v) is 2.55. The Morgan fingerprint density at radius 1 is 1.44 bits per heavy atom. The van der Waals surface area contributed by atoms with Crippen molar-refractivity contribution in [1.82, 2.24) is 0 Å². The van der Waals surface area contributed by atoms with Crippen LogP contribution >= 0.6 is 11.3 Å². The van der Waals surface area contributed by atoms with Crippen molar-refractivity contribution in [1.29, 1.82) is 5.26 Å². The van der Waals surface area contributed by atoms with E-state index in [4.69, 9.17) is 5.26 Å². The van der Waals surface area contributed by atoms with Crippen LogP contribution in [-0.4, -0.2) is 11.6 Å². The summed E-state index contributed by atoms with van der Waals surface area (Å²) in [7, 11) is 0. The van der Waals surface area contributed by atoms with Gasteiger partial charge in [-0.1, -0.05) is 0 Å². The molecule has 3 nitrogen and oxygen atoms in total. The van der Waals surface area contributed by atoms with E-state index in [0.717, 1.165) is 10.5 Å². The normalized spacial score (nSPS) is 20.1. The van der Waals surface area contributed by atoms with E-state index in [1.54, 1.807) is 18.3 Å². The van der Waals surface area contributed by atoms with Crippen molar-refractivity contribution in [2.75, 3.05) is 0 Å². The number of nitriles is 1. The van der Waals surface area contributed by atoms with Crippen LogP contribution in [0.1, 0.15) is 16.7 Å². The number of hydrogen-bond acceptors (Lipinski definition) is 3. The van der Waals surface area contributed by atoms with Crippen LogP contribution in [0.3, 0.4) is 0 Å². The van der Waals surface area contributed by atoms with Crippen LogP contribution in [-0.2, 0) is 4.79 Å². The van der Waals surface area contributed by atoms with Crippen molar-refractivity contribution in [2.24, 2.45) is 10.9 Å². The molecule has 0 radical (unpaired) electrons. The molecule has 0 bridgehead atoms. The van der Waals surface area contributed by atoms with E-state index in [-0.39, 0.29) is 5.91 Å². The molecule has 0 saturated heterocycles. The van der Waals surface area contributed by atoms with Gasteiger partial charge in [0.05, 0.1) is 6.07 Å². The number of hydrogen-bond donors (Lipinski definition) is 0. The molecule has 80 valence electrons. The first-order chi connectivity index (χ1) is 7.61. The van der Waals surface area contributed by atoms with Gasteiger partial charge >= 0.3 is 0 Å². The van der Waals surface area contributed by atoms with Crippen molar-refractivity contribution in [3.8, 4) is 6.07 Å². The summed E-state index contributed by atoms with van der Waals surface area (Å²) in [5.74, 6) is -1.11. The highest BCUT2D eigenvalue weighted by atomic mass is 32.1. The zero-order valence-electron chi connectivity index (χ0n) is 9.02. The van der Waals surface area contributed by atoms with E-state index in [1.165, 1.54) is 4.88 Å². The number of amides is 1. The molecule has 4 heteroatoms. The zero-order valence-corrected chi connectivity index (χ0v) is 9.84. The molecule has 0 N–H and O–H groups in total. The van der Waals surface area contributed by atoms with Gasteiger partial charge in [0, 0.05) is 15.5 Å². The molecule has 1 aromatic heterocycles. The highest BCUT2D eigenvalue weighted by molar-refractivity contribution is 7.13. The number of aliphatic imine (C=N–C) groups is 1. The van der Waals surface area contributed by atoms with Crippen LogP contribution in [0.4, 0.5) is 0 Å². The van der Waals surface area contributed by atoms with Gasteiger partial charge in [-0.15, -0.1) is 11.3 Å². The van der Waals surface area contributed by atoms with Gasteiger partial charge in [0.25, 0.3) is 5.91 Å². The molecule has 2 heterocycles. The van der Waals surface area contributed by atoms with Gasteiger partial charge in [0.1, 0.15) is 0 Å². The fraction of sp³-hybridized carbons (Fsp3) is 0.250. The molecule has 1 aliphatic rings. The zero-order chi connectivity index (χ0) is 11.7. The average Bonchev–Trinajstić information content (AvgIpc) is 2.63. The molecule has 1 atom stereocenters. The number of dihydropyridines is 1. The van der Waals surface area contributed by atoms with Crippen molar-refractivity contribution in [3.63, 3.8) is 0 Å². The predicted molar refractivity (Wildman–Crippen MR) is 64.3 cm³/mol. The molecular weight excluding hydrogens is 220 g/mol. The van der Waals surface area contributed by atoms with E-state index in [1.807, 2.05) is 31.2 Å². The molecule has 0 spiro atoms. The minimum Gasteiger partial charge on any atom is -0.271 e. The van der Waals surface area contributed by atoms with Gasteiger partial charge in [-0.2, -0.15) is 5.26 Å². The fourth-order valence-electron chi connectivity index (χ4n) is 1.64. The number of allylic oxidation sites excluding steroid dienone is 1. The van der Waals surface area contributed by atoms with Crippen LogP contribution in [0.25, 0.3) is 5.57 Å². The Labute approximate surface area is 97.7 Å². The number of rotatable bonds is 1. The molecule has 0 saturated carbocycles. The molecule has 1 aromatic rings. The van der Waals surface area contributed by atoms with Gasteiger partial charge in [-0.3, -0.25) is 4.79 Å². The lowest BCUT2D eigenvalue weighted by molar-refractivity contribution is -0.118. The number of carbonyl (C=O) groups is 1. The highest BCUT2D eigenvalue weighted by Gasteiger charge is 2.27. The first-order valence-corrected chi connectivity index (χ1v) is 5.70. The second-order valence-electron chi connectivity index (χ2n) is 3.66. The summed E-state index contributed by atoms with van der Waals surface area (Å²) in [5, 5.41) is 9.01. The highest BCUT2D eigenvalue weighted by Crippen LogP contribution is 2.32. The standard InChI is InChI=1S/C12H10N2OS/c1-7-5-9(10(6-13)12(15)14-7)11-4-3-8(2)16-11/h3-5,10H,1-2H3. The first-order valence-electron chi connectivity index (χ1n) is 4.89. The smallest absolute Gasteiger partial charge is 0.267 e. The molecular formula is C12H10N2OS. The Balaban J connectivity index is 2.50. The van der Waals surface area contributed by atoms with E-state index in [2.05, 4.69) is 4.99 Å². The maximum atomic E-state index is 11.6. The Morgan fingerprint density at radius 3 is 2.75 bits per heavy atom. The van der Waals surface area contributed by atoms with Gasteiger partial charge in [-0.05, 0) is 37.6 Å². The summed E-state index contributed by atoms with van der Waals surface area (Å²) in [5.41, 5.74) is 1.44. The second kappa shape index (κ2) is 4.03. The lowest BCUT2D eigenvalue weighted by Crippen LogP contribution is -2.18. The Bertz CT molecular complexity index is 546. The molecule has 16 heavy (non-hydrogen) atoms. The third-order valence-corrected chi connectivity index (χ3v) is 3.41. The second-order valence-corrected chi connectivity index (χ2v) is 4.95. The van der Waals surface area contributed by atoms with Crippen LogP contribution in [0.5, 0.6) is 0 Å².